The van der Waals surface area contributed by atoms with Gasteiger partial charge in [0.15, 0.2) is 0 Å². The lowest BCUT2D eigenvalue weighted by atomic mass is 10.1. The molecule has 1 aromatic heterocycles. The molecule has 1 saturated heterocycles. The number of pyridine rings is 1. The van der Waals surface area contributed by atoms with Crippen LogP contribution in [-0.4, -0.2) is 35.7 Å². The topological polar surface area (TPSA) is 25.4 Å². The van der Waals surface area contributed by atoms with Crippen molar-refractivity contribution in [1.29, 1.82) is 0 Å². The monoisotopic (exact) mass is 324 g/mol. The lowest BCUT2D eigenvalue weighted by Crippen LogP contribution is -2.33. The van der Waals surface area contributed by atoms with Gasteiger partial charge in [0.25, 0.3) is 0 Å². The molecule has 1 aliphatic heterocycles. The van der Waals surface area contributed by atoms with E-state index in [0.29, 0.717) is 6.10 Å². The van der Waals surface area contributed by atoms with Gasteiger partial charge in [-0.05, 0) is 44.4 Å². The average Bonchev–Trinajstić information content (AvgIpc) is 3.06. The maximum atomic E-state index is 5.86. The SMILES string of the molecule is Cc1cccc(CN(CCc2cccc(C)n2)CC2CCCO2)c1. The van der Waals surface area contributed by atoms with Gasteiger partial charge in [-0.3, -0.25) is 9.88 Å². The van der Waals surface area contributed by atoms with Gasteiger partial charge in [0.1, 0.15) is 0 Å². The molecule has 3 rings (SSSR count). The molecule has 1 unspecified atom stereocenters. The molecule has 0 radical (unpaired) electrons. The highest BCUT2D eigenvalue weighted by atomic mass is 16.5. The molecule has 1 fully saturated rings. The second kappa shape index (κ2) is 8.41. The summed E-state index contributed by atoms with van der Waals surface area (Å²) in [6, 6.07) is 15.1. The number of benzene rings is 1. The van der Waals surface area contributed by atoms with E-state index in [1.54, 1.807) is 0 Å². The molecule has 3 nitrogen and oxygen atoms in total. The number of aryl methyl sites for hydroxylation is 2. The zero-order valence-corrected chi connectivity index (χ0v) is 14.9. The van der Waals surface area contributed by atoms with E-state index >= 15 is 0 Å². The van der Waals surface area contributed by atoms with Gasteiger partial charge >= 0.3 is 0 Å². The summed E-state index contributed by atoms with van der Waals surface area (Å²) < 4.78 is 5.86. The fraction of sp³-hybridized carbons (Fsp3) is 0.476. The predicted octanol–water partition coefficient (Wildman–Crippen LogP) is 3.92. The summed E-state index contributed by atoms with van der Waals surface area (Å²) in [7, 11) is 0. The molecule has 0 amide bonds. The fourth-order valence-electron chi connectivity index (χ4n) is 3.39. The summed E-state index contributed by atoms with van der Waals surface area (Å²) in [5, 5.41) is 0. The predicted molar refractivity (Wildman–Crippen MR) is 98.1 cm³/mol. The van der Waals surface area contributed by atoms with Gasteiger partial charge < -0.3 is 4.74 Å². The third kappa shape index (κ3) is 5.15. The van der Waals surface area contributed by atoms with Gasteiger partial charge in [-0.1, -0.05) is 35.9 Å². The standard InChI is InChI=1S/C21H28N2O/c1-17-6-3-8-19(14-17)15-23(16-21-10-5-13-24-21)12-11-20-9-4-7-18(2)22-20/h3-4,6-9,14,21H,5,10-13,15-16H2,1-2H3. The van der Waals surface area contributed by atoms with Crippen molar-refractivity contribution in [3.63, 3.8) is 0 Å². The number of hydrogen-bond acceptors (Lipinski definition) is 3. The van der Waals surface area contributed by atoms with E-state index in [4.69, 9.17) is 4.74 Å². The summed E-state index contributed by atoms with van der Waals surface area (Å²) in [6.45, 7) is 8.14. The molecule has 0 saturated carbocycles. The normalized spacial score (nSPS) is 17.5. The summed E-state index contributed by atoms with van der Waals surface area (Å²) in [5.74, 6) is 0. The third-order valence-electron chi connectivity index (χ3n) is 4.60. The Morgan fingerprint density at radius 2 is 2.04 bits per heavy atom. The van der Waals surface area contributed by atoms with E-state index in [1.807, 2.05) is 0 Å². The molecule has 0 spiro atoms. The Morgan fingerprint density at radius 3 is 2.79 bits per heavy atom. The summed E-state index contributed by atoms with van der Waals surface area (Å²) in [5.41, 5.74) is 4.98. The van der Waals surface area contributed by atoms with Gasteiger partial charge in [-0.2, -0.15) is 0 Å². The molecule has 24 heavy (non-hydrogen) atoms. The minimum Gasteiger partial charge on any atom is -0.377 e. The van der Waals surface area contributed by atoms with Crippen LogP contribution in [-0.2, 0) is 17.7 Å². The van der Waals surface area contributed by atoms with Crippen molar-refractivity contribution in [2.75, 3.05) is 19.7 Å². The van der Waals surface area contributed by atoms with Crippen molar-refractivity contribution < 1.29 is 4.74 Å². The van der Waals surface area contributed by atoms with E-state index in [2.05, 4.69) is 66.2 Å². The van der Waals surface area contributed by atoms with Crippen molar-refractivity contribution >= 4 is 0 Å². The van der Waals surface area contributed by atoms with Crippen molar-refractivity contribution in [1.82, 2.24) is 9.88 Å². The highest BCUT2D eigenvalue weighted by molar-refractivity contribution is 5.22. The van der Waals surface area contributed by atoms with E-state index in [-0.39, 0.29) is 0 Å². The lowest BCUT2D eigenvalue weighted by Gasteiger charge is -2.25. The highest BCUT2D eigenvalue weighted by Crippen LogP contribution is 2.16. The first-order valence-corrected chi connectivity index (χ1v) is 9.01. The molecule has 2 aromatic rings. The first kappa shape index (κ1) is 17.1. The van der Waals surface area contributed by atoms with Crippen LogP contribution in [0.2, 0.25) is 0 Å². The largest absolute Gasteiger partial charge is 0.377 e. The minimum absolute atomic E-state index is 0.389. The fourth-order valence-corrected chi connectivity index (χ4v) is 3.39. The first-order valence-electron chi connectivity index (χ1n) is 9.01. The molecule has 2 heterocycles. The Hall–Kier alpha value is -1.71. The minimum atomic E-state index is 0.389. The van der Waals surface area contributed by atoms with Crippen LogP contribution in [0.1, 0.15) is 35.4 Å². The first-order chi connectivity index (χ1) is 11.7. The molecule has 1 aliphatic rings. The molecule has 3 heteroatoms. The molecule has 128 valence electrons. The van der Waals surface area contributed by atoms with Crippen LogP contribution in [0.5, 0.6) is 0 Å². The Balaban J connectivity index is 1.64. The van der Waals surface area contributed by atoms with E-state index in [0.717, 1.165) is 38.4 Å². The van der Waals surface area contributed by atoms with Crippen LogP contribution in [0.25, 0.3) is 0 Å². The molecule has 0 N–H and O–H groups in total. The van der Waals surface area contributed by atoms with E-state index < -0.39 is 0 Å². The Bertz CT molecular complexity index is 650. The second-order valence-corrected chi connectivity index (χ2v) is 6.88. The third-order valence-corrected chi connectivity index (χ3v) is 4.60. The Morgan fingerprint density at radius 1 is 1.17 bits per heavy atom. The van der Waals surface area contributed by atoms with Gasteiger partial charge in [0, 0.05) is 44.0 Å². The highest BCUT2D eigenvalue weighted by Gasteiger charge is 2.19. The van der Waals surface area contributed by atoms with Gasteiger partial charge in [-0.25, -0.2) is 0 Å². The van der Waals surface area contributed by atoms with Crippen molar-refractivity contribution in [3.05, 3.63) is 65.0 Å². The zero-order valence-electron chi connectivity index (χ0n) is 14.9. The van der Waals surface area contributed by atoms with E-state index in [9.17, 15) is 0 Å². The zero-order chi connectivity index (χ0) is 16.8. The summed E-state index contributed by atoms with van der Waals surface area (Å²) in [6.07, 6.45) is 3.76. The Labute approximate surface area is 145 Å². The number of rotatable bonds is 7. The van der Waals surface area contributed by atoms with Crippen molar-refractivity contribution in [3.8, 4) is 0 Å². The van der Waals surface area contributed by atoms with Gasteiger partial charge in [0.05, 0.1) is 6.10 Å². The quantitative estimate of drug-likeness (QED) is 0.772. The molecule has 1 aromatic carbocycles. The molecule has 0 aliphatic carbocycles. The summed E-state index contributed by atoms with van der Waals surface area (Å²) >= 11 is 0. The number of ether oxygens (including phenoxy) is 1. The van der Waals surface area contributed by atoms with Crippen molar-refractivity contribution in [2.24, 2.45) is 0 Å². The maximum Gasteiger partial charge on any atom is 0.0702 e. The van der Waals surface area contributed by atoms with Gasteiger partial charge in [0.2, 0.25) is 0 Å². The molecule has 1 atom stereocenters. The number of nitrogens with zero attached hydrogens (tertiary/aromatic N) is 2. The van der Waals surface area contributed by atoms with Crippen LogP contribution < -0.4 is 0 Å². The van der Waals surface area contributed by atoms with Crippen molar-refractivity contribution in [2.45, 2.75) is 45.8 Å². The smallest absolute Gasteiger partial charge is 0.0702 e. The second-order valence-electron chi connectivity index (χ2n) is 6.88. The maximum absolute atomic E-state index is 5.86. The van der Waals surface area contributed by atoms with Crippen LogP contribution in [0.15, 0.2) is 42.5 Å². The van der Waals surface area contributed by atoms with E-state index in [1.165, 1.54) is 29.7 Å². The van der Waals surface area contributed by atoms with Crippen LogP contribution in [0, 0.1) is 13.8 Å². The van der Waals surface area contributed by atoms with Crippen LogP contribution >= 0.6 is 0 Å². The average molecular weight is 324 g/mol. The van der Waals surface area contributed by atoms with Crippen LogP contribution in [0.3, 0.4) is 0 Å². The van der Waals surface area contributed by atoms with Gasteiger partial charge in [-0.15, -0.1) is 0 Å². The van der Waals surface area contributed by atoms with Crippen LogP contribution in [0.4, 0.5) is 0 Å². The molecular formula is C21H28N2O. The number of aromatic nitrogens is 1. The number of hydrogen-bond donors (Lipinski definition) is 0. The Kier molecular flexibility index (Phi) is 6.00. The molecule has 0 bridgehead atoms. The molecular weight excluding hydrogens is 296 g/mol. The lowest BCUT2D eigenvalue weighted by molar-refractivity contribution is 0.0708. The summed E-state index contributed by atoms with van der Waals surface area (Å²) in [4.78, 5) is 7.16.